The fraction of sp³-hybridized carbons (Fsp3) is 0.800. The Hall–Kier alpha value is -0.820. The molecule has 2 rings (SSSR count). The van der Waals surface area contributed by atoms with Crippen LogP contribution in [-0.4, -0.2) is 63.2 Å². The van der Waals surface area contributed by atoms with Gasteiger partial charge < -0.3 is 20.1 Å². The summed E-state index contributed by atoms with van der Waals surface area (Å²) in [5.41, 5.74) is 0. The van der Waals surface area contributed by atoms with E-state index in [-0.39, 0.29) is 0 Å². The zero-order valence-corrected chi connectivity index (χ0v) is 9.03. The van der Waals surface area contributed by atoms with Gasteiger partial charge in [-0.15, -0.1) is 0 Å². The zero-order valence-electron chi connectivity index (χ0n) is 9.03. The maximum atomic E-state index is 11.8. The molecule has 2 heterocycles. The third-order valence-corrected chi connectivity index (χ3v) is 2.68. The maximum Gasteiger partial charge on any atom is 0.231 e. The van der Waals surface area contributed by atoms with E-state index in [0.717, 1.165) is 13.1 Å². The van der Waals surface area contributed by atoms with Crippen LogP contribution in [0.4, 0.5) is 0 Å². The molecule has 0 aromatic carbocycles. The topological polar surface area (TPSA) is 76.7 Å². The quantitative estimate of drug-likeness (QED) is 0.550. The van der Waals surface area contributed by atoms with Crippen LogP contribution in [0.15, 0.2) is 0 Å². The summed E-state index contributed by atoms with van der Waals surface area (Å²) >= 11 is 0. The summed E-state index contributed by atoms with van der Waals surface area (Å²) in [5.74, 6) is -0.971. The number of carbonyl (C=O) groups is 2. The molecule has 6 heteroatoms. The van der Waals surface area contributed by atoms with E-state index in [1.165, 1.54) is 0 Å². The maximum absolute atomic E-state index is 11.8. The van der Waals surface area contributed by atoms with Crippen molar-refractivity contribution in [3.05, 3.63) is 0 Å². The lowest BCUT2D eigenvalue weighted by molar-refractivity contribution is -0.151. The highest BCUT2D eigenvalue weighted by molar-refractivity contribution is 6.40. The molecule has 0 saturated carbocycles. The van der Waals surface area contributed by atoms with Crippen LogP contribution in [-0.2, 0) is 19.1 Å². The molecule has 2 fully saturated rings. The molecule has 16 heavy (non-hydrogen) atoms. The van der Waals surface area contributed by atoms with Gasteiger partial charge in [0.15, 0.2) is 0 Å². The average molecular weight is 228 g/mol. The number of morpholine rings is 2. The van der Waals surface area contributed by atoms with Crippen LogP contribution in [0.5, 0.6) is 0 Å². The minimum absolute atomic E-state index is 0.407. The molecule has 2 atom stereocenters. The van der Waals surface area contributed by atoms with Gasteiger partial charge in [-0.1, -0.05) is 0 Å². The molecular weight excluding hydrogens is 212 g/mol. The SMILES string of the molecule is O=C(C(=O)C1CNCCO1)C1CNCCO1. The zero-order chi connectivity index (χ0) is 11.4. The predicted octanol–water partition coefficient (Wildman–Crippen LogP) is -1.90. The lowest BCUT2D eigenvalue weighted by Gasteiger charge is -2.25. The summed E-state index contributed by atoms with van der Waals surface area (Å²) in [4.78, 5) is 23.6. The molecule has 0 aromatic heterocycles. The first-order valence-electron chi connectivity index (χ1n) is 5.52. The highest BCUT2D eigenvalue weighted by Crippen LogP contribution is 2.04. The van der Waals surface area contributed by atoms with Crippen molar-refractivity contribution >= 4 is 11.6 Å². The van der Waals surface area contributed by atoms with Crippen molar-refractivity contribution < 1.29 is 19.1 Å². The van der Waals surface area contributed by atoms with Gasteiger partial charge in [-0.25, -0.2) is 0 Å². The Labute approximate surface area is 93.7 Å². The van der Waals surface area contributed by atoms with E-state index in [1.807, 2.05) is 0 Å². The van der Waals surface area contributed by atoms with Crippen LogP contribution in [0.1, 0.15) is 0 Å². The van der Waals surface area contributed by atoms with Gasteiger partial charge in [0.1, 0.15) is 12.2 Å². The van der Waals surface area contributed by atoms with E-state index >= 15 is 0 Å². The lowest BCUT2D eigenvalue weighted by Crippen LogP contribution is -2.51. The Morgan fingerprint density at radius 3 is 1.62 bits per heavy atom. The Balaban J connectivity index is 1.89. The van der Waals surface area contributed by atoms with Crippen molar-refractivity contribution in [2.45, 2.75) is 12.2 Å². The molecule has 2 aliphatic rings. The second kappa shape index (κ2) is 5.49. The summed E-state index contributed by atoms with van der Waals surface area (Å²) < 4.78 is 10.5. The molecule has 2 unspecified atom stereocenters. The molecule has 0 amide bonds. The van der Waals surface area contributed by atoms with Gasteiger partial charge in [-0.2, -0.15) is 0 Å². The Morgan fingerprint density at radius 1 is 0.875 bits per heavy atom. The van der Waals surface area contributed by atoms with Crippen molar-refractivity contribution in [1.29, 1.82) is 0 Å². The Morgan fingerprint density at radius 2 is 1.31 bits per heavy atom. The number of ketones is 2. The summed E-state index contributed by atoms with van der Waals surface area (Å²) in [6, 6.07) is 0. The van der Waals surface area contributed by atoms with Gasteiger partial charge in [-0.05, 0) is 0 Å². The number of ether oxygens (including phenoxy) is 2. The van der Waals surface area contributed by atoms with Crippen molar-refractivity contribution in [1.82, 2.24) is 10.6 Å². The number of hydrogen-bond donors (Lipinski definition) is 2. The van der Waals surface area contributed by atoms with Crippen LogP contribution < -0.4 is 10.6 Å². The van der Waals surface area contributed by atoms with Crippen molar-refractivity contribution in [3.8, 4) is 0 Å². The second-order valence-corrected chi connectivity index (χ2v) is 3.86. The minimum Gasteiger partial charge on any atom is -0.367 e. The normalized spacial score (nSPS) is 31.0. The Bertz CT molecular complexity index is 242. The third-order valence-electron chi connectivity index (χ3n) is 2.68. The molecule has 2 aliphatic heterocycles. The second-order valence-electron chi connectivity index (χ2n) is 3.86. The number of Topliss-reactive ketones (excluding diaryl/α,β-unsaturated/α-hetero) is 2. The van der Waals surface area contributed by atoms with Gasteiger partial charge in [0.25, 0.3) is 0 Å². The average Bonchev–Trinajstić information content (AvgIpc) is 2.39. The summed E-state index contributed by atoms with van der Waals surface area (Å²) in [7, 11) is 0. The molecule has 2 N–H and O–H groups in total. The molecule has 0 radical (unpaired) electrons. The van der Waals surface area contributed by atoms with Crippen LogP contribution in [0.2, 0.25) is 0 Å². The van der Waals surface area contributed by atoms with E-state index < -0.39 is 23.8 Å². The third kappa shape index (κ3) is 2.65. The summed E-state index contributed by atoms with van der Waals surface area (Å²) in [6.07, 6.45) is -1.29. The highest BCUT2D eigenvalue weighted by atomic mass is 16.5. The van der Waals surface area contributed by atoms with Crippen molar-refractivity contribution in [2.75, 3.05) is 39.4 Å². The molecule has 90 valence electrons. The molecule has 6 nitrogen and oxygen atoms in total. The molecule has 0 aliphatic carbocycles. The van der Waals surface area contributed by atoms with E-state index in [1.54, 1.807) is 0 Å². The van der Waals surface area contributed by atoms with Gasteiger partial charge in [0, 0.05) is 26.2 Å². The van der Waals surface area contributed by atoms with Gasteiger partial charge in [0.2, 0.25) is 11.6 Å². The van der Waals surface area contributed by atoms with Gasteiger partial charge in [-0.3, -0.25) is 9.59 Å². The molecule has 0 bridgehead atoms. The van der Waals surface area contributed by atoms with Gasteiger partial charge in [0.05, 0.1) is 13.2 Å². The first-order chi connectivity index (χ1) is 7.79. The molecule has 0 aromatic rings. The van der Waals surface area contributed by atoms with Crippen molar-refractivity contribution in [2.24, 2.45) is 0 Å². The number of rotatable bonds is 3. The van der Waals surface area contributed by atoms with Crippen LogP contribution >= 0.6 is 0 Å². The number of nitrogens with one attached hydrogen (secondary N) is 2. The van der Waals surface area contributed by atoms with E-state index in [0.29, 0.717) is 26.3 Å². The van der Waals surface area contributed by atoms with E-state index in [4.69, 9.17) is 9.47 Å². The van der Waals surface area contributed by atoms with Gasteiger partial charge >= 0.3 is 0 Å². The summed E-state index contributed by atoms with van der Waals surface area (Å²) in [6.45, 7) is 3.19. The molecule has 2 saturated heterocycles. The fourth-order valence-corrected chi connectivity index (χ4v) is 1.78. The Kier molecular flexibility index (Phi) is 4.00. The standard InChI is InChI=1S/C10H16N2O4/c13-9(7-5-11-1-3-15-7)10(14)8-6-12-2-4-16-8/h7-8,11-12H,1-6H2. The van der Waals surface area contributed by atoms with Crippen molar-refractivity contribution in [3.63, 3.8) is 0 Å². The smallest absolute Gasteiger partial charge is 0.231 e. The predicted molar refractivity (Wildman–Crippen MR) is 55.2 cm³/mol. The summed E-state index contributed by atoms with van der Waals surface area (Å²) in [5, 5.41) is 6.04. The monoisotopic (exact) mass is 228 g/mol. The van der Waals surface area contributed by atoms with Crippen LogP contribution in [0.3, 0.4) is 0 Å². The number of carbonyl (C=O) groups excluding carboxylic acids is 2. The van der Waals surface area contributed by atoms with E-state index in [2.05, 4.69) is 10.6 Å². The number of hydrogen-bond acceptors (Lipinski definition) is 6. The first-order valence-corrected chi connectivity index (χ1v) is 5.52. The van der Waals surface area contributed by atoms with Crippen LogP contribution in [0.25, 0.3) is 0 Å². The highest BCUT2D eigenvalue weighted by Gasteiger charge is 2.33. The minimum atomic E-state index is -0.647. The van der Waals surface area contributed by atoms with Crippen LogP contribution in [0, 0.1) is 0 Å². The first kappa shape index (κ1) is 11.7. The molecule has 0 spiro atoms. The fourth-order valence-electron chi connectivity index (χ4n) is 1.78. The molecular formula is C10H16N2O4. The van der Waals surface area contributed by atoms with E-state index in [9.17, 15) is 9.59 Å². The lowest BCUT2D eigenvalue weighted by atomic mass is 10.1. The largest absolute Gasteiger partial charge is 0.367 e.